The lowest BCUT2D eigenvalue weighted by molar-refractivity contribution is 0.0734. The summed E-state index contributed by atoms with van der Waals surface area (Å²) in [6.07, 6.45) is 5.31. The minimum absolute atomic E-state index is 0.0312. The first-order valence-electron chi connectivity index (χ1n) is 8.08. The Morgan fingerprint density at radius 3 is 2.79 bits per heavy atom. The van der Waals surface area contributed by atoms with Gasteiger partial charge >= 0.3 is 0 Å². The van der Waals surface area contributed by atoms with E-state index in [1.807, 2.05) is 36.0 Å². The number of nitrogens with zero attached hydrogens (tertiary/aromatic N) is 4. The Balaban J connectivity index is 1.90. The van der Waals surface area contributed by atoms with E-state index in [9.17, 15) is 9.59 Å². The van der Waals surface area contributed by atoms with Crippen molar-refractivity contribution in [3.05, 3.63) is 58.1 Å². The number of rotatable bonds is 3. The quantitative estimate of drug-likeness (QED) is 0.863. The predicted octanol–water partition coefficient (Wildman–Crippen LogP) is 1.82. The minimum Gasteiger partial charge on any atom is -0.363 e. The van der Waals surface area contributed by atoms with E-state index in [0.717, 1.165) is 30.8 Å². The van der Waals surface area contributed by atoms with E-state index in [4.69, 9.17) is 0 Å². The highest BCUT2D eigenvalue weighted by atomic mass is 16.2. The molecule has 3 heterocycles. The zero-order chi connectivity index (χ0) is 17.3. The van der Waals surface area contributed by atoms with Crippen LogP contribution in [0.3, 0.4) is 0 Å². The molecule has 0 aliphatic carbocycles. The molecule has 1 amide bonds. The molecule has 0 aromatic carbocycles. The molecule has 0 unspecified atom stereocenters. The fourth-order valence-electron chi connectivity index (χ4n) is 3.13. The third-order valence-electron chi connectivity index (χ3n) is 4.46. The van der Waals surface area contributed by atoms with Gasteiger partial charge in [-0.2, -0.15) is 0 Å². The normalized spacial score (nSPS) is 17.1. The van der Waals surface area contributed by atoms with Gasteiger partial charge in [-0.1, -0.05) is 0 Å². The number of hydrogen-bond acceptors (Lipinski definition) is 4. The first-order valence-corrected chi connectivity index (χ1v) is 8.08. The lowest BCUT2D eigenvalue weighted by atomic mass is 10.1. The summed E-state index contributed by atoms with van der Waals surface area (Å²) < 4.78 is 1.44. The Bertz CT molecular complexity index is 813. The zero-order valence-corrected chi connectivity index (χ0v) is 14.3. The predicted molar refractivity (Wildman–Crippen MR) is 93.3 cm³/mol. The number of pyridine rings is 2. The molecule has 0 radical (unpaired) electrons. The summed E-state index contributed by atoms with van der Waals surface area (Å²) in [7, 11) is 5.56. The van der Waals surface area contributed by atoms with Crippen molar-refractivity contribution in [1.29, 1.82) is 0 Å². The summed E-state index contributed by atoms with van der Waals surface area (Å²) in [5.74, 6) is 0.852. The standard InChI is InChI=1S/C18H22N4O2/c1-20(2)16-11-13(8-9-19-16)15-5-4-10-22(15)18(24)14-6-7-17(23)21(3)12-14/h6-9,11-12,15H,4-5,10H2,1-3H3/t15-/m0/s1. The van der Waals surface area contributed by atoms with Crippen LogP contribution in [0.1, 0.15) is 34.8 Å². The smallest absolute Gasteiger partial charge is 0.255 e. The van der Waals surface area contributed by atoms with Crippen molar-refractivity contribution in [3.8, 4) is 0 Å². The van der Waals surface area contributed by atoms with Gasteiger partial charge in [-0.25, -0.2) is 4.98 Å². The Morgan fingerprint density at radius 2 is 2.08 bits per heavy atom. The first kappa shape index (κ1) is 16.2. The van der Waals surface area contributed by atoms with Crippen LogP contribution in [0.15, 0.2) is 41.5 Å². The number of aromatic nitrogens is 2. The van der Waals surface area contributed by atoms with Crippen LogP contribution >= 0.6 is 0 Å². The van der Waals surface area contributed by atoms with Gasteiger partial charge in [-0.15, -0.1) is 0 Å². The van der Waals surface area contributed by atoms with E-state index in [1.54, 1.807) is 25.5 Å². The topological polar surface area (TPSA) is 58.4 Å². The molecule has 126 valence electrons. The molecule has 1 aliphatic heterocycles. The van der Waals surface area contributed by atoms with Gasteiger partial charge in [0.2, 0.25) is 5.56 Å². The van der Waals surface area contributed by atoms with E-state index < -0.39 is 0 Å². The van der Waals surface area contributed by atoms with Crippen LogP contribution in [0.2, 0.25) is 0 Å². The number of amides is 1. The molecule has 3 rings (SSSR count). The average Bonchev–Trinajstić information content (AvgIpc) is 3.06. The highest BCUT2D eigenvalue weighted by molar-refractivity contribution is 5.94. The van der Waals surface area contributed by atoms with Gasteiger partial charge in [0.1, 0.15) is 5.82 Å². The Kier molecular flexibility index (Phi) is 4.38. The summed E-state index contributed by atoms with van der Waals surface area (Å²) in [4.78, 5) is 32.6. The monoisotopic (exact) mass is 326 g/mol. The molecule has 0 bridgehead atoms. The van der Waals surface area contributed by atoms with Crippen LogP contribution < -0.4 is 10.5 Å². The molecule has 0 spiro atoms. The fourth-order valence-corrected chi connectivity index (χ4v) is 3.13. The number of carbonyl (C=O) groups excluding carboxylic acids is 1. The third-order valence-corrected chi connectivity index (χ3v) is 4.46. The van der Waals surface area contributed by atoms with Gasteiger partial charge in [0.15, 0.2) is 0 Å². The molecule has 2 aromatic heterocycles. The second kappa shape index (κ2) is 6.47. The van der Waals surface area contributed by atoms with E-state index in [1.165, 1.54) is 10.6 Å². The van der Waals surface area contributed by atoms with Crippen molar-refractivity contribution in [2.24, 2.45) is 7.05 Å². The molecule has 1 fully saturated rings. The second-order valence-electron chi connectivity index (χ2n) is 6.37. The van der Waals surface area contributed by atoms with Crippen molar-refractivity contribution in [3.63, 3.8) is 0 Å². The van der Waals surface area contributed by atoms with E-state index >= 15 is 0 Å². The Hall–Kier alpha value is -2.63. The lowest BCUT2D eigenvalue weighted by Crippen LogP contribution is -2.31. The molecule has 1 saturated heterocycles. The van der Waals surface area contributed by atoms with Crippen LogP contribution in [0.4, 0.5) is 5.82 Å². The molecule has 1 atom stereocenters. The summed E-state index contributed by atoms with van der Waals surface area (Å²) in [5, 5.41) is 0. The molecule has 2 aromatic rings. The van der Waals surface area contributed by atoms with E-state index in [-0.39, 0.29) is 17.5 Å². The fraction of sp³-hybridized carbons (Fsp3) is 0.389. The van der Waals surface area contributed by atoms with Crippen molar-refractivity contribution in [2.45, 2.75) is 18.9 Å². The van der Waals surface area contributed by atoms with E-state index in [0.29, 0.717) is 5.56 Å². The summed E-state index contributed by atoms with van der Waals surface area (Å²) in [5.41, 5.74) is 1.53. The maximum absolute atomic E-state index is 12.9. The summed E-state index contributed by atoms with van der Waals surface area (Å²) in [6.45, 7) is 0.728. The average molecular weight is 326 g/mol. The maximum atomic E-state index is 12.9. The van der Waals surface area contributed by atoms with Gasteiger partial charge in [0.25, 0.3) is 5.91 Å². The van der Waals surface area contributed by atoms with Crippen LogP contribution in [0.25, 0.3) is 0 Å². The maximum Gasteiger partial charge on any atom is 0.255 e. The van der Waals surface area contributed by atoms with Gasteiger partial charge in [-0.3, -0.25) is 9.59 Å². The van der Waals surface area contributed by atoms with Crippen LogP contribution in [0, 0.1) is 0 Å². The summed E-state index contributed by atoms with van der Waals surface area (Å²) in [6, 6.07) is 7.12. The van der Waals surface area contributed by atoms with Gasteiger partial charge in [0, 0.05) is 46.1 Å². The molecular formula is C18H22N4O2. The van der Waals surface area contributed by atoms with Crippen LogP contribution in [0.5, 0.6) is 0 Å². The second-order valence-corrected chi connectivity index (χ2v) is 6.37. The Morgan fingerprint density at radius 1 is 1.29 bits per heavy atom. The van der Waals surface area contributed by atoms with Crippen molar-refractivity contribution in [2.75, 3.05) is 25.5 Å². The molecule has 24 heavy (non-hydrogen) atoms. The number of likely N-dealkylation sites (tertiary alicyclic amines) is 1. The van der Waals surface area contributed by atoms with Crippen LogP contribution in [-0.4, -0.2) is 41.0 Å². The first-order chi connectivity index (χ1) is 11.5. The van der Waals surface area contributed by atoms with Gasteiger partial charge in [-0.05, 0) is 36.6 Å². The molecule has 0 saturated carbocycles. The number of anilines is 1. The molecule has 6 heteroatoms. The molecule has 0 N–H and O–H groups in total. The zero-order valence-electron chi connectivity index (χ0n) is 14.3. The number of hydrogen-bond donors (Lipinski definition) is 0. The molecule has 6 nitrogen and oxygen atoms in total. The molecule has 1 aliphatic rings. The van der Waals surface area contributed by atoms with Gasteiger partial charge < -0.3 is 14.4 Å². The number of carbonyl (C=O) groups is 1. The highest BCUT2D eigenvalue weighted by Crippen LogP contribution is 2.33. The minimum atomic E-state index is -0.116. The van der Waals surface area contributed by atoms with E-state index in [2.05, 4.69) is 4.98 Å². The summed E-state index contributed by atoms with van der Waals surface area (Å²) >= 11 is 0. The SMILES string of the molecule is CN(C)c1cc([C@@H]2CCCN2C(=O)c2ccc(=O)n(C)c2)ccn1. The number of aryl methyl sites for hydroxylation is 1. The Labute approximate surface area is 141 Å². The third kappa shape index (κ3) is 3.04. The van der Waals surface area contributed by atoms with Gasteiger partial charge in [0.05, 0.1) is 11.6 Å². The van der Waals surface area contributed by atoms with Crippen molar-refractivity contribution in [1.82, 2.24) is 14.5 Å². The lowest BCUT2D eigenvalue weighted by Gasteiger charge is -2.26. The molecular weight excluding hydrogens is 304 g/mol. The van der Waals surface area contributed by atoms with Crippen molar-refractivity contribution < 1.29 is 4.79 Å². The van der Waals surface area contributed by atoms with Crippen molar-refractivity contribution >= 4 is 11.7 Å². The van der Waals surface area contributed by atoms with Crippen LogP contribution in [-0.2, 0) is 7.05 Å². The highest BCUT2D eigenvalue weighted by Gasteiger charge is 2.31. The largest absolute Gasteiger partial charge is 0.363 e.